The van der Waals surface area contributed by atoms with E-state index >= 15 is 0 Å². The summed E-state index contributed by atoms with van der Waals surface area (Å²) < 4.78 is 11.4. The van der Waals surface area contributed by atoms with Gasteiger partial charge in [0, 0.05) is 15.7 Å². The SMILES string of the molecule is COc1cc(Br)cc(/C=N\NC(=O)c2ccccc2N)c1OC. The molecule has 23 heavy (non-hydrogen) atoms. The molecule has 6 nitrogen and oxygen atoms in total. The highest BCUT2D eigenvalue weighted by atomic mass is 79.9. The van der Waals surface area contributed by atoms with Crippen LogP contribution in [0.25, 0.3) is 0 Å². The Morgan fingerprint density at radius 1 is 1.26 bits per heavy atom. The molecular formula is C16H16BrN3O3. The number of carbonyl (C=O) groups is 1. The van der Waals surface area contributed by atoms with E-state index in [0.29, 0.717) is 28.3 Å². The maximum absolute atomic E-state index is 12.0. The molecule has 0 fully saturated rings. The maximum atomic E-state index is 12.0. The minimum Gasteiger partial charge on any atom is -0.493 e. The van der Waals surface area contributed by atoms with E-state index in [1.54, 1.807) is 43.5 Å². The van der Waals surface area contributed by atoms with Crippen LogP contribution in [0.1, 0.15) is 15.9 Å². The van der Waals surface area contributed by atoms with Crippen LogP contribution in [0, 0.1) is 0 Å². The zero-order chi connectivity index (χ0) is 16.8. The van der Waals surface area contributed by atoms with Gasteiger partial charge in [-0.1, -0.05) is 28.1 Å². The van der Waals surface area contributed by atoms with Crippen molar-refractivity contribution in [3.8, 4) is 11.5 Å². The average Bonchev–Trinajstić information content (AvgIpc) is 2.54. The van der Waals surface area contributed by atoms with Crippen LogP contribution in [0.2, 0.25) is 0 Å². The lowest BCUT2D eigenvalue weighted by atomic mass is 10.2. The van der Waals surface area contributed by atoms with Crippen LogP contribution in [0.3, 0.4) is 0 Å². The number of methoxy groups -OCH3 is 2. The minimum absolute atomic E-state index is 0.364. The van der Waals surface area contributed by atoms with Crippen molar-refractivity contribution >= 4 is 33.7 Å². The molecule has 0 saturated carbocycles. The number of nitrogen functional groups attached to an aromatic ring is 1. The van der Waals surface area contributed by atoms with E-state index < -0.39 is 0 Å². The highest BCUT2D eigenvalue weighted by molar-refractivity contribution is 9.10. The van der Waals surface area contributed by atoms with E-state index in [2.05, 4.69) is 26.5 Å². The number of hydrogen-bond acceptors (Lipinski definition) is 5. The summed E-state index contributed by atoms with van der Waals surface area (Å²) in [5, 5.41) is 3.95. The summed E-state index contributed by atoms with van der Waals surface area (Å²) in [6.45, 7) is 0. The van der Waals surface area contributed by atoms with Crippen molar-refractivity contribution in [1.82, 2.24) is 5.43 Å². The molecule has 0 aromatic heterocycles. The molecule has 0 spiro atoms. The predicted octanol–water partition coefficient (Wildman–Crippen LogP) is 2.81. The lowest BCUT2D eigenvalue weighted by Crippen LogP contribution is -2.19. The molecule has 1 amide bonds. The standard InChI is InChI=1S/C16H16BrN3O3/c1-22-14-8-11(17)7-10(15(14)23-2)9-19-20-16(21)12-5-3-4-6-13(12)18/h3-9H,18H2,1-2H3,(H,20,21)/b19-9-. The fraction of sp³-hybridized carbons (Fsp3) is 0.125. The zero-order valence-corrected chi connectivity index (χ0v) is 14.3. The molecule has 0 aliphatic heterocycles. The van der Waals surface area contributed by atoms with Gasteiger partial charge in [-0.2, -0.15) is 5.10 Å². The van der Waals surface area contributed by atoms with Crippen molar-refractivity contribution in [2.24, 2.45) is 5.10 Å². The van der Waals surface area contributed by atoms with Crippen LogP contribution in [0.5, 0.6) is 11.5 Å². The highest BCUT2D eigenvalue weighted by Crippen LogP contribution is 2.33. The molecule has 2 rings (SSSR count). The lowest BCUT2D eigenvalue weighted by molar-refractivity contribution is 0.0956. The monoisotopic (exact) mass is 377 g/mol. The summed E-state index contributed by atoms with van der Waals surface area (Å²) >= 11 is 3.38. The first-order valence-electron chi connectivity index (χ1n) is 6.66. The van der Waals surface area contributed by atoms with Gasteiger partial charge in [0.1, 0.15) is 0 Å². The molecule has 2 aromatic rings. The molecule has 3 N–H and O–H groups in total. The largest absolute Gasteiger partial charge is 0.493 e. The number of rotatable bonds is 5. The third-order valence-corrected chi connectivity index (χ3v) is 3.51. The third kappa shape index (κ3) is 4.01. The van der Waals surface area contributed by atoms with Gasteiger partial charge in [-0.25, -0.2) is 5.43 Å². The van der Waals surface area contributed by atoms with Crippen molar-refractivity contribution in [2.45, 2.75) is 0 Å². The van der Waals surface area contributed by atoms with Crippen LogP contribution in [-0.4, -0.2) is 26.3 Å². The van der Waals surface area contributed by atoms with Gasteiger partial charge in [-0.15, -0.1) is 0 Å². The van der Waals surface area contributed by atoms with E-state index in [0.717, 1.165) is 4.47 Å². The fourth-order valence-corrected chi connectivity index (χ4v) is 2.43. The number of para-hydroxylation sites is 1. The molecule has 0 bridgehead atoms. The Hall–Kier alpha value is -2.54. The summed E-state index contributed by atoms with van der Waals surface area (Å²) in [6.07, 6.45) is 1.48. The number of nitrogens with one attached hydrogen (secondary N) is 1. The number of nitrogens with two attached hydrogens (primary N) is 1. The normalized spacial score (nSPS) is 10.6. The van der Waals surface area contributed by atoms with E-state index in [-0.39, 0.29) is 5.91 Å². The first-order valence-corrected chi connectivity index (χ1v) is 7.45. The molecule has 0 aliphatic rings. The molecule has 0 heterocycles. The summed E-state index contributed by atoms with van der Waals surface area (Å²) in [5.41, 5.74) is 9.60. The summed E-state index contributed by atoms with van der Waals surface area (Å²) in [6, 6.07) is 10.3. The van der Waals surface area contributed by atoms with Crippen molar-refractivity contribution in [3.05, 3.63) is 52.0 Å². The molecule has 0 unspecified atom stereocenters. The van der Waals surface area contributed by atoms with Crippen LogP contribution in [0.4, 0.5) is 5.69 Å². The Bertz CT molecular complexity index is 747. The number of carbonyl (C=O) groups excluding carboxylic acids is 1. The van der Waals surface area contributed by atoms with E-state index in [9.17, 15) is 4.79 Å². The second kappa shape index (κ2) is 7.64. The van der Waals surface area contributed by atoms with Gasteiger partial charge in [-0.3, -0.25) is 4.79 Å². The molecule has 120 valence electrons. The smallest absolute Gasteiger partial charge is 0.273 e. The molecule has 0 atom stereocenters. The van der Waals surface area contributed by atoms with Crippen LogP contribution in [0.15, 0.2) is 46.0 Å². The molecule has 0 saturated heterocycles. The summed E-state index contributed by atoms with van der Waals surface area (Å²) in [4.78, 5) is 12.0. The van der Waals surface area contributed by atoms with Gasteiger partial charge in [-0.05, 0) is 24.3 Å². The van der Waals surface area contributed by atoms with Crippen molar-refractivity contribution in [3.63, 3.8) is 0 Å². The number of hydrogen-bond donors (Lipinski definition) is 2. The maximum Gasteiger partial charge on any atom is 0.273 e. The number of halogens is 1. The van der Waals surface area contributed by atoms with Crippen LogP contribution < -0.4 is 20.6 Å². The van der Waals surface area contributed by atoms with Gasteiger partial charge in [0.2, 0.25) is 0 Å². The molecule has 2 aromatic carbocycles. The molecular weight excluding hydrogens is 362 g/mol. The van der Waals surface area contributed by atoms with Crippen LogP contribution >= 0.6 is 15.9 Å². The Labute approximate surface area is 142 Å². The van der Waals surface area contributed by atoms with Gasteiger partial charge >= 0.3 is 0 Å². The number of amides is 1. The second-order valence-electron chi connectivity index (χ2n) is 4.52. The predicted molar refractivity (Wildman–Crippen MR) is 93.2 cm³/mol. The van der Waals surface area contributed by atoms with Crippen molar-refractivity contribution in [1.29, 1.82) is 0 Å². The van der Waals surface area contributed by atoms with Gasteiger partial charge in [0.05, 0.1) is 26.0 Å². The first kappa shape index (κ1) is 16.8. The zero-order valence-electron chi connectivity index (χ0n) is 12.7. The van der Waals surface area contributed by atoms with E-state index in [4.69, 9.17) is 15.2 Å². The number of nitrogens with zero attached hydrogens (tertiary/aromatic N) is 1. The third-order valence-electron chi connectivity index (χ3n) is 3.05. The van der Waals surface area contributed by atoms with Gasteiger partial charge in [0.15, 0.2) is 11.5 Å². The summed E-state index contributed by atoms with van der Waals surface area (Å²) in [7, 11) is 3.08. The fourth-order valence-electron chi connectivity index (χ4n) is 1.98. The quantitative estimate of drug-likeness (QED) is 0.476. The van der Waals surface area contributed by atoms with Crippen LogP contribution in [-0.2, 0) is 0 Å². The Morgan fingerprint density at radius 2 is 2.00 bits per heavy atom. The number of benzene rings is 2. The summed E-state index contributed by atoms with van der Waals surface area (Å²) in [5.74, 6) is 0.690. The molecule has 0 aliphatic carbocycles. The van der Waals surface area contributed by atoms with Gasteiger partial charge in [0.25, 0.3) is 5.91 Å². The van der Waals surface area contributed by atoms with Gasteiger partial charge < -0.3 is 15.2 Å². The average molecular weight is 378 g/mol. The first-order chi connectivity index (χ1) is 11.1. The number of anilines is 1. The second-order valence-corrected chi connectivity index (χ2v) is 5.43. The Kier molecular flexibility index (Phi) is 5.59. The molecule has 0 radical (unpaired) electrons. The number of hydrazone groups is 1. The minimum atomic E-state index is -0.389. The molecule has 7 heteroatoms. The lowest BCUT2D eigenvalue weighted by Gasteiger charge is -2.10. The van der Waals surface area contributed by atoms with Crippen molar-refractivity contribution in [2.75, 3.05) is 20.0 Å². The topological polar surface area (TPSA) is 85.9 Å². The highest BCUT2D eigenvalue weighted by Gasteiger charge is 2.11. The Morgan fingerprint density at radius 3 is 2.65 bits per heavy atom. The van der Waals surface area contributed by atoms with Crippen molar-refractivity contribution < 1.29 is 14.3 Å². The van der Waals surface area contributed by atoms with E-state index in [1.165, 1.54) is 13.3 Å². The Balaban J connectivity index is 2.19. The van der Waals surface area contributed by atoms with E-state index in [1.807, 2.05) is 0 Å². The number of ether oxygens (including phenoxy) is 2.